The van der Waals surface area contributed by atoms with E-state index in [1.807, 2.05) is 0 Å². The van der Waals surface area contributed by atoms with Crippen molar-refractivity contribution < 1.29 is 19.0 Å². The Morgan fingerprint density at radius 1 is 1.23 bits per heavy atom. The molecule has 8 heteroatoms. The molecule has 1 aromatic rings. The van der Waals surface area contributed by atoms with E-state index >= 15 is 0 Å². The summed E-state index contributed by atoms with van der Waals surface area (Å²) in [6.45, 7) is 2.23. The molecule has 1 N–H and O–H groups in total. The summed E-state index contributed by atoms with van der Waals surface area (Å²) in [5.41, 5.74) is -0.257. The molecule has 2 aliphatic rings. The van der Waals surface area contributed by atoms with E-state index in [1.54, 1.807) is 20.3 Å². The van der Waals surface area contributed by atoms with Gasteiger partial charge in [-0.2, -0.15) is 9.97 Å². The molecule has 2 saturated heterocycles. The van der Waals surface area contributed by atoms with E-state index in [-0.39, 0.29) is 18.1 Å². The lowest BCUT2D eigenvalue weighted by Gasteiger charge is -2.43. The maximum atomic E-state index is 11.2. The van der Waals surface area contributed by atoms with E-state index in [1.165, 1.54) is 0 Å². The Bertz CT molecular complexity index is 524. The second-order valence-electron chi connectivity index (χ2n) is 5.49. The quantitative estimate of drug-likeness (QED) is 0.839. The summed E-state index contributed by atoms with van der Waals surface area (Å²) >= 11 is 0. The molecule has 0 aliphatic carbocycles. The van der Waals surface area contributed by atoms with Crippen molar-refractivity contribution in [3.8, 4) is 11.8 Å². The van der Waals surface area contributed by atoms with Gasteiger partial charge in [0.25, 0.3) is 0 Å². The molecule has 2 fully saturated rings. The summed E-state index contributed by atoms with van der Waals surface area (Å²) in [7, 11) is 3.13. The van der Waals surface area contributed by atoms with Crippen molar-refractivity contribution in [2.45, 2.75) is 18.4 Å². The van der Waals surface area contributed by atoms with Gasteiger partial charge in [-0.3, -0.25) is 4.79 Å². The minimum atomic E-state index is -0.257. The van der Waals surface area contributed by atoms with Gasteiger partial charge in [-0.15, -0.1) is 0 Å². The first-order valence-electron chi connectivity index (χ1n) is 7.27. The predicted molar refractivity (Wildman–Crippen MR) is 78.3 cm³/mol. The fourth-order valence-corrected chi connectivity index (χ4v) is 2.76. The minimum Gasteiger partial charge on any atom is -0.481 e. The third-order valence-electron chi connectivity index (χ3n) is 4.16. The fraction of sp³-hybridized carbons (Fsp3) is 0.643. The maximum Gasteiger partial charge on any atom is 0.246 e. The van der Waals surface area contributed by atoms with Crippen molar-refractivity contribution in [2.75, 3.05) is 45.4 Å². The van der Waals surface area contributed by atoms with Gasteiger partial charge in [-0.05, 0) is 12.8 Å². The van der Waals surface area contributed by atoms with Crippen molar-refractivity contribution >= 4 is 11.9 Å². The number of carbonyl (C=O) groups is 1. The number of aromatic nitrogens is 2. The van der Waals surface area contributed by atoms with Crippen LogP contribution in [0.5, 0.6) is 11.8 Å². The summed E-state index contributed by atoms with van der Waals surface area (Å²) in [5, 5.41) is 2.88. The highest BCUT2D eigenvalue weighted by Gasteiger charge is 2.39. The molecule has 0 atom stereocenters. The van der Waals surface area contributed by atoms with Gasteiger partial charge in [0, 0.05) is 19.6 Å². The van der Waals surface area contributed by atoms with Crippen LogP contribution in [0.25, 0.3) is 0 Å². The van der Waals surface area contributed by atoms with Crippen molar-refractivity contribution in [3.05, 3.63) is 6.07 Å². The van der Waals surface area contributed by atoms with Crippen LogP contribution in [-0.2, 0) is 9.53 Å². The molecule has 3 rings (SSSR count). The molecule has 1 amide bonds. The first-order chi connectivity index (χ1) is 10.6. The first-order valence-corrected chi connectivity index (χ1v) is 7.27. The zero-order valence-electron chi connectivity index (χ0n) is 12.8. The number of hydrogen-bond acceptors (Lipinski definition) is 7. The minimum absolute atomic E-state index is 0.0473. The lowest BCUT2D eigenvalue weighted by molar-refractivity contribution is -0.146. The molecule has 1 spiro atoms. The van der Waals surface area contributed by atoms with Gasteiger partial charge in [0.2, 0.25) is 23.6 Å². The number of carbonyl (C=O) groups excluding carboxylic acids is 1. The second-order valence-corrected chi connectivity index (χ2v) is 5.49. The molecule has 120 valence electrons. The fourth-order valence-electron chi connectivity index (χ4n) is 2.76. The number of methoxy groups -OCH3 is 2. The van der Waals surface area contributed by atoms with E-state index in [0.717, 1.165) is 25.9 Å². The number of ether oxygens (including phenoxy) is 3. The molecule has 22 heavy (non-hydrogen) atoms. The van der Waals surface area contributed by atoms with Crippen LogP contribution in [0.15, 0.2) is 6.07 Å². The van der Waals surface area contributed by atoms with Crippen LogP contribution in [0.4, 0.5) is 5.95 Å². The molecular weight excluding hydrogens is 288 g/mol. The van der Waals surface area contributed by atoms with Crippen molar-refractivity contribution in [1.82, 2.24) is 15.3 Å². The van der Waals surface area contributed by atoms with Gasteiger partial charge in [0.1, 0.15) is 6.61 Å². The maximum absolute atomic E-state index is 11.2. The smallest absolute Gasteiger partial charge is 0.246 e. The summed E-state index contributed by atoms with van der Waals surface area (Å²) in [4.78, 5) is 22.0. The Hall–Kier alpha value is -2.09. The van der Waals surface area contributed by atoms with Crippen LogP contribution >= 0.6 is 0 Å². The number of anilines is 1. The Labute approximate surface area is 128 Å². The van der Waals surface area contributed by atoms with Gasteiger partial charge in [0.05, 0.1) is 25.9 Å². The molecule has 3 heterocycles. The molecule has 8 nitrogen and oxygen atoms in total. The molecule has 2 aliphatic heterocycles. The largest absolute Gasteiger partial charge is 0.481 e. The topological polar surface area (TPSA) is 85.8 Å². The second kappa shape index (κ2) is 5.96. The standard InChI is InChI=1S/C14H20N4O4/c1-20-11-7-12(21-2)17-13(16-11)18-5-3-14(4-6-18)9-15-10(19)8-22-14/h7H,3-6,8-9H2,1-2H3,(H,15,19). The van der Waals surface area contributed by atoms with Gasteiger partial charge in [-0.25, -0.2) is 0 Å². The molecule has 0 unspecified atom stereocenters. The van der Waals surface area contributed by atoms with Crippen molar-refractivity contribution in [3.63, 3.8) is 0 Å². The molecule has 0 aromatic carbocycles. The Morgan fingerprint density at radius 2 is 1.86 bits per heavy atom. The van der Waals surface area contributed by atoms with Crippen LogP contribution in [-0.4, -0.2) is 61.9 Å². The van der Waals surface area contributed by atoms with Gasteiger partial charge < -0.3 is 24.4 Å². The highest BCUT2D eigenvalue weighted by atomic mass is 16.5. The summed E-state index contributed by atoms with van der Waals surface area (Å²) < 4.78 is 16.1. The molecule has 0 radical (unpaired) electrons. The van der Waals surface area contributed by atoms with Crippen LogP contribution < -0.4 is 19.7 Å². The number of piperidine rings is 1. The summed E-state index contributed by atoms with van der Waals surface area (Å²) in [6.07, 6.45) is 1.63. The Balaban J connectivity index is 1.70. The first kappa shape index (κ1) is 14.8. The monoisotopic (exact) mass is 308 g/mol. The van der Waals surface area contributed by atoms with Crippen LogP contribution in [0.3, 0.4) is 0 Å². The molecule has 0 bridgehead atoms. The van der Waals surface area contributed by atoms with E-state index in [2.05, 4.69) is 20.2 Å². The summed E-state index contributed by atoms with van der Waals surface area (Å²) in [5.74, 6) is 1.49. The molecular formula is C14H20N4O4. The van der Waals surface area contributed by atoms with E-state index in [0.29, 0.717) is 24.3 Å². The average molecular weight is 308 g/mol. The highest BCUT2D eigenvalue weighted by molar-refractivity contribution is 5.78. The number of morpholine rings is 1. The van der Waals surface area contributed by atoms with E-state index in [9.17, 15) is 4.79 Å². The zero-order valence-corrected chi connectivity index (χ0v) is 12.8. The molecule has 0 saturated carbocycles. The van der Waals surface area contributed by atoms with Crippen LogP contribution in [0.1, 0.15) is 12.8 Å². The Kier molecular flexibility index (Phi) is 4.02. The van der Waals surface area contributed by atoms with E-state index in [4.69, 9.17) is 14.2 Å². The number of rotatable bonds is 3. The molecule has 1 aromatic heterocycles. The third kappa shape index (κ3) is 2.92. The highest BCUT2D eigenvalue weighted by Crippen LogP contribution is 2.30. The third-order valence-corrected chi connectivity index (χ3v) is 4.16. The number of amides is 1. The number of nitrogens with one attached hydrogen (secondary N) is 1. The normalized spacial score (nSPS) is 20.6. The SMILES string of the molecule is COc1cc(OC)nc(N2CCC3(CC2)CNC(=O)CO3)n1. The van der Waals surface area contributed by atoms with Crippen LogP contribution in [0, 0.1) is 0 Å². The van der Waals surface area contributed by atoms with Gasteiger partial charge in [0.15, 0.2) is 0 Å². The van der Waals surface area contributed by atoms with E-state index < -0.39 is 0 Å². The zero-order chi connectivity index (χ0) is 15.6. The predicted octanol–water partition coefficient (Wildman–Crippen LogP) is -0.0208. The number of nitrogens with zero attached hydrogens (tertiary/aromatic N) is 3. The van der Waals surface area contributed by atoms with Gasteiger partial charge in [-0.1, -0.05) is 0 Å². The average Bonchev–Trinajstić information content (AvgIpc) is 2.58. The summed E-state index contributed by atoms with van der Waals surface area (Å²) in [6, 6.07) is 1.65. The van der Waals surface area contributed by atoms with Crippen molar-refractivity contribution in [2.24, 2.45) is 0 Å². The lowest BCUT2D eigenvalue weighted by atomic mass is 9.90. The van der Waals surface area contributed by atoms with Crippen molar-refractivity contribution in [1.29, 1.82) is 0 Å². The number of hydrogen-bond donors (Lipinski definition) is 1. The lowest BCUT2D eigenvalue weighted by Crippen LogP contribution is -2.57. The van der Waals surface area contributed by atoms with Gasteiger partial charge >= 0.3 is 0 Å². The Morgan fingerprint density at radius 3 is 2.36 bits per heavy atom. The van der Waals surface area contributed by atoms with Crippen LogP contribution in [0.2, 0.25) is 0 Å².